The summed E-state index contributed by atoms with van der Waals surface area (Å²) >= 11 is 10.5. The van der Waals surface area contributed by atoms with E-state index in [-0.39, 0.29) is 24.0 Å². The highest BCUT2D eigenvalue weighted by Crippen LogP contribution is 2.34. The number of hydrogen-bond donors (Lipinski definition) is 1. The van der Waals surface area contributed by atoms with Crippen LogP contribution in [0.4, 0.5) is 5.69 Å². The molecule has 7 nitrogen and oxygen atoms in total. The Morgan fingerprint density at radius 2 is 1.84 bits per heavy atom. The van der Waals surface area contributed by atoms with Crippen LogP contribution in [0.25, 0.3) is 10.9 Å². The van der Waals surface area contributed by atoms with Crippen LogP contribution in [0.1, 0.15) is 43.1 Å². The maximum absolute atomic E-state index is 13.3. The van der Waals surface area contributed by atoms with Crippen LogP contribution in [-0.2, 0) is 4.79 Å². The molecule has 0 saturated heterocycles. The van der Waals surface area contributed by atoms with E-state index in [1.807, 2.05) is 69.3 Å². The summed E-state index contributed by atoms with van der Waals surface area (Å²) < 4.78 is 9.21. The average Bonchev–Trinajstić information content (AvgIpc) is 2.88. The lowest BCUT2D eigenvalue weighted by Gasteiger charge is -2.14. The maximum Gasteiger partial charge on any atom is 0.282 e. The van der Waals surface area contributed by atoms with Gasteiger partial charge in [0.2, 0.25) is 0 Å². The van der Waals surface area contributed by atoms with Gasteiger partial charge in [0.15, 0.2) is 6.61 Å². The molecule has 4 aromatic rings. The third kappa shape index (κ3) is 6.42. The number of fused-ring (bicyclic) bond motifs is 1. The van der Waals surface area contributed by atoms with Crippen molar-refractivity contribution in [2.24, 2.45) is 5.10 Å². The minimum atomic E-state index is -0.267. The predicted octanol–water partition coefficient (Wildman–Crippen LogP) is 7.41. The molecular formula is C28H25Br3N4O3. The summed E-state index contributed by atoms with van der Waals surface area (Å²) in [5, 5.41) is 7.86. The van der Waals surface area contributed by atoms with Crippen molar-refractivity contribution < 1.29 is 9.53 Å². The van der Waals surface area contributed by atoms with Crippen molar-refractivity contribution in [3.05, 3.63) is 95.3 Å². The van der Waals surface area contributed by atoms with E-state index < -0.39 is 0 Å². The van der Waals surface area contributed by atoms with Crippen molar-refractivity contribution >= 4 is 76.5 Å². The molecule has 0 bridgehead atoms. The lowest BCUT2D eigenvalue weighted by atomic mass is 10.1. The molecule has 0 unspecified atom stereocenters. The highest BCUT2D eigenvalue weighted by atomic mass is 79.9. The highest BCUT2D eigenvalue weighted by molar-refractivity contribution is 9.11. The van der Waals surface area contributed by atoms with E-state index in [2.05, 4.69) is 58.2 Å². The minimum Gasteiger partial charge on any atom is -0.481 e. The van der Waals surface area contributed by atoms with E-state index in [1.165, 1.54) is 4.68 Å². The van der Waals surface area contributed by atoms with Gasteiger partial charge in [-0.3, -0.25) is 9.59 Å². The number of hydrogen-bond acceptors (Lipinski definition) is 5. The van der Waals surface area contributed by atoms with Crippen molar-refractivity contribution in [1.82, 2.24) is 9.66 Å². The zero-order chi connectivity index (χ0) is 27.4. The third-order valence-corrected chi connectivity index (χ3v) is 7.67. The monoisotopic (exact) mass is 702 g/mol. The van der Waals surface area contributed by atoms with E-state index in [1.54, 1.807) is 12.3 Å². The van der Waals surface area contributed by atoms with Crippen LogP contribution in [0.2, 0.25) is 0 Å². The SMILES string of the molecule is CC[C@H](C)c1nc2ccc(Br)cc2c(=O)n1N=Cc1cc(Br)c(OCC(=O)Nc2ccccc2C)c(Br)c1. The molecule has 0 aliphatic carbocycles. The van der Waals surface area contributed by atoms with Crippen LogP contribution >= 0.6 is 47.8 Å². The number of rotatable bonds is 8. The zero-order valence-electron chi connectivity index (χ0n) is 21.0. The molecule has 38 heavy (non-hydrogen) atoms. The number of carbonyl (C=O) groups excluding carboxylic acids is 1. The molecule has 3 aromatic carbocycles. The number of nitrogens with one attached hydrogen (secondary N) is 1. The fourth-order valence-electron chi connectivity index (χ4n) is 3.73. The Labute approximate surface area is 245 Å². The van der Waals surface area contributed by atoms with Crippen LogP contribution in [0.5, 0.6) is 5.75 Å². The molecule has 0 fully saturated rings. The van der Waals surface area contributed by atoms with Gasteiger partial charge in [-0.2, -0.15) is 9.78 Å². The number of halogens is 3. The fraction of sp³-hybridized carbons (Fsp3) is 0.214. The standard InChI is InChI=1S/C28H25Br3N4O3/c1-4-16(2)27-34-24-10-9-19(29)13-20(24)28(37)35(27)32-14-18-11-21(30)26(22(31)12-18)38-15-25(36)33-23-8-6-5-7-17(23)3/h5-14,16H,4,15H2,1-3H3,(H,33,36)/t16-/m0/s1. The second-order valence-corrected chi connectivity index (χ2v) is 11.4. The van der Waals surface area contributed by atoms with Gasteiger partial charge in [-0.05, 0) is 92.7 Å². The number of anilines is 1. The van der Waals surface area contributed by atoms with Gasteiger partial charge in [0.05, 0.1) is 26.1 Å². The van der Waals surface area contributed by atoms with Gasteiger partial charge in [0.1, 0.15) is 11.6 Å². The number of amides is 1. The number of carbonyl (C=O) groups is 1. The predicted molar refractivity (Wildman–Crippen MR) is 163 cm³/mol. The van der Waals surface area contributed by atoms with E-state index >= 15 is 0 Å². The van der Waals surface area contributed by atoms with Crippen molar-refractivity contribution in [3.63, 3.8) is 0 Å². The maximum atomic E-state index is 13.3. The Morgan fingerprint density at radius 1 is 1.13 bits per heavy atom. The first kappa shape index (κ1) is 28.2. The van der Waals surface area contributed by atoms with Crippen LogP contribution in [-0.4, -0.2) is 28.4 Å². The summed E-state index contributed by atoms with van der Waals surface area (Å²) in [6.07, 6.45) is 2.41. The Hall–Kier alpha value is -2.82. The molecule has 1 amide bonds. The number of benzene rings is 3. The number of aryl methyl sites for hydroxylation is 1. The van der Waals surface area contributed by atoms with E-state index in [9.17, 15) is 9.59 Å². The van der Waals surface area contributed by atoms with Gasteiger partial charge in [-0.25, -0.2) is 4.98 Å². The molecule has 0 aliphatic heterocycles. The van der Waals surface area contributed by atoms with Gasteiger partial charge >= 0.3 is 0 Å². The molecule has 1 N–H and O–H groups in total. The molecule has 4 rings (SSSR count). The van der Waals surface area contributed by atoms with Crippen molar-refractivity contribution in [2.45, 2.75) is 33.1 Å². The Morgan fingerprint density at radius 3 is 2.53 bits per heavy atom. The summed E-state index contributed by atoms with van der Waals surface area (Å²) in [6.45, 7) is 5.83. The van der Waals surface area contributed by atoms with E-state index in [0.717, 1.165) is 27.7 Å². The number of para-hydroxylation sites is 1. The Balaban J connectivity index is 1.58. The number of ether oxygens (including phenoxy) is 1. The largest absolute Gasteiger partial charge is 0.481 e. The lowest BCUT2D eigenvalue weighted by Crippen LogP contribution is -2.23. The Bertz CT molecular complexity index is 1580. The molecule has 10 heteroatoms. The number of aromatic nitrogens is 2. The van der Waals surface area contributed by atoms with Crippen LogP contribution < -0.4 is 15.6 Å². The van der Waals surface area contributed by atoms with Crippen molar-refractivity contribution in [3.8, 4) is 5.75 Å². The van der Waals surface area contributed by atoms with Crippen LogP contribution in [0, 0.1) is 6.92 Å². The zero-order valence-corrected chi connectivity index (χ0v) is 25.7. The van der Waals surface area contributed by atoms with Crippen LogP contribution in [0.3, 0.4) is 0 Å². The highest BCUT2D eigenvalue weighted by Gasteiger charge is 2.16. The summed E-state index contributed by atoms with van der Waals surface area (Å²) in [5.41, 5.74) is 2.83. The minimum absolute atomic E-state index is 0.0352. The second kappa shape index (κ2) is 12.4. The van der Waals surface area contributed by atoms with Gasteiger partial charge in [0.25, 0.3) is 11.5 Å². The molecule has 1 aromatic heterocycles. The third-order valence-electron chi connectivity index (χ3n) is 6.00. The van der Waals surface area contributed by atoms with Gasteiger partial charge < -0.3 is 10.1 Å². The molecule has 0 saturated carbocycles. The van der Waals surface area contributed by atoms with Gasteiger partial charge in [-0.1, -0.05) is 48.0 Å². The molecular weight excluding hydrogens is 680 g/mol. The topological polar surface area (TPSA) is 85.6 Å². The lowest BCUT2D eigenvalue weighted by molar-refractivity contribution is -0.118. The number of nitrogens with zero attached hydrogens (tertiary/aromatic N) is 3. The van der Waals surface area contributed by atoms with Gasteiger partial charge in [0, 0.05) is 16.1 Å². The molecule has 0 aliphatic rings. The summed E-state index contributed by atoms with van der Waals surface area (Å²) in [6, 6.07) is 16.6. The molecule has 196 valence electrons. The first-order valence-corrected chi connectivity index (χ1v) is 14.3. The normalized spacial score (nSPS) is 12.2. The summed E-state index contributed by atoms with van der Waals surface area (Å²) in [5.74, 6) is 0.849. The first-order valence-electron chi connectivity index (χ1n) is 11.9. The van der Waals surface area contributed by atoms with E-state index in [4.69, 9.17) is 9.72 Å². The quantitative estimate of drug-likeness (QED) is 0.194. The smallest absolute Gasteiger partial charge is 0.282 e. The average molecular weight is 705 g/mol. The van der Waals surface area contributed by atoms with E-state index in [0.29, 0.717) is 31.4 Å². The van der Waals surface area contributed by atoms with Gasteiger partial charge in [-0.15, -0.1) is 0 Å². The first-order chi connectivity index (χ1) is 18.2. The summed E-state index contributed by atoms with van der Waals surface area (Å²) in [7, 11) is 0. The van der Waals surface area contributed by atoms with Crippen molar-refractivity contribution in [1.29, 1.82) is 0 Å². The molecule has 1 heterocycles. The molecule has 1 atom stereocenters. The van der Waals surface area contributed by atoms with Crippen molar-refractivity contribution in [2.75, 3.05) is 11.9 Å². The van der Waals surface area contributed by atoms with Crippen LogP contribution in [0.15, 0.2) is 77.9 Å². The molecule has 0 radical (unpaired) electrons. The molecule has 0 spiro atoms. The second-order valence-electron chi connectivity index (χ2n) is 8.77. The summed E-state index contributed by atoms with van der Waals surface area (Å²) in [4.78, 5) is 30.5. The fourth-order valence-corrected chi connectivity index (χ4v) is 5.54. The Kier molecular flexibility index (Phi) is 9.17.